The molecule has 0 heterocycles. The molecule has 0 radical (unpaired) electrons. The van der Waals surface area contributed by atoms with Gasteiger partial charge in [-0.15, -0.1) is 11.8 Å². The summed E-state index contributed by atoms with van der Waals surface area (Å²) in [5.41, 5.74) is 6.36. The van der Waals surface area contributed by atoms with Crippen LogP contribution >= 0.6 is 11.8 Å². The SMILES string of the molecule is CC(CCN)SCC(=O)NC(C)c1ccc(F)cc1. The second-order valence-corrected chi connectivity index (χ2v) is 5.97. The number of amides is 1. The van der Waals surface area contributed by atoms with Crippen molar-refractivity contribution in [2.75, 3.05) is 12.3 Å². The lowest BCUT2D eigenvalue weighted by Gasteiger charge is -2.15. The molecular formula is C14H21FN2OS. The maximum Gasteiger partial charge on any atom is 0.230 e. The van der Waals surface area contributed by atoms with Crippen LogP contribution in [-0.2, 0) is 4.79 Å². The van der Waals surface area contributed by atoms with Gasteiger partial charge in [0.15, 0.2) is 0 Å². The molecule has 2 unspecified atom stereocenters. The van der Waals surface area contributed by atoms with Gasteiger partial charge in [-0.2, -0.15) is 0 Å². The fourth-order valence-corrected chi connectivity index (χ4v) is 2.48. The molecule has 0 saturated carbocycles. The van der Waals surface area contributed by atoms with Crippen molar-refractivity contribution in [3.05, 3.63) is 35.6 Å². The van der Waals surface area contributed by atoms with Crippen molar-refractivity contribution in [1.82, 2.24) is 5.32 Å². The Morgan fingerprint density at radius 2 is 2.00 bits per heavy atom. The summed E-state index contributed by atoms with van der Waals surface area (Å²) in [7, 11) is 0. The number of halogens is 1. The molecule has 1 rings (SSSR count). The molecule has 0 aliphatic heterocycles. The molecule has 0 fully saturated rings. The zero-order chi connectivity index (χ0) is 14.3. The van der Waals surface area contributed by atoms with E-state index in [4.69, 9.17) is 5.73 Å². The Labute approximate surface area is 118 Å². The quantitative estimate of drug-likeness (QED) is 0.809. The van der Waals surface area contributed by atoms with Crippen molar-refractivity contribution in [1.29, 1.82) is 0 Å². The Morgan fingerprint density at radius 3 is 2.58 bits per heavy atom. The molecule has 3 nitrogen and oxygen atoms in total. The monoisotopic (exact) mass is 284 g/mol. The second-order valence-electron chi connectivity index (χ2n) is 4.54. The smallest absolute Gasteiger partial charge is 0.230 e. The summed E-state index contributed by atoms with van der Waals surface area (Å²) in [6.45, 7) is 4.59. The van der Waals surface area contributed by atoms with Crippen LogP contribution in [0.2, 0.25) is 0 Å². The van der Waals surface area contributed by atoms with Crippen molar-refractivity contribution >= 4 is 17.7 Å². The van der Waals surface area contributed by atoms with Crippen molar-refractivity contribution in [2.24, 2.45) is 5.73 Å². The topological polar surface area (TPSA) is 55.1 Å². The van der Waals surface area contributed by atoms with Gasteiger partial charge < -0.3 is 11.1 Å². The Balaban J connectivity index is 2.37. The highest BCUT2D eigenvalue weighted by molar-refractivity contribution is 8.00. The lowest BCUT2D eigenvalue weighted by Crippen LogP contribution is -2.28. The molecule has 3 N–H and O–H groups in total. The van der Waals surface area contributed by atoms with E-state index in [0.717, 1.165) is 12.0 Å². The zero-order valence-corrected chi connectivity index (χ0v) is 12.2. The summed E-state index contributed by atoms with van der Waals surface area (Å²) in [6, 6.07) is 6.06. The summed E-state index contributed by atoms with van der Waals surface area (Å²) in [4.78, 5) is 11.8. The molecule has 0 bridgehead atoms. The van der Waals surface area contributed by atoms with Crippen LogP contribution in [0.4, 0.5) is 4.39 Å². The maximum absolute atomic E-state index is 12.8. The summed E-state index contributed by atoms with van der Waals surface area (Å²) in [5, 5.41) is 3.29. The lowest BCUT2D eigenvalue weighted by molar-refractivity contribution is -0.119. The fraction of sp³-hybridized carbons (Fsp3) is 0.500. The largest absolute Gasteiger partial charge is 0.349 e. The third-order valence-electron chi connectivity index (χ3n) is 2.82. The van der Waals surface area contributed by atoms with Crippen LogP contribution in [-0.4, -0.2) is 23.5 Å². The third kappa shape index (κ3) is 6.07. The van der Waals surface area contributed by atoms with Crippen LogP contribution in [0.15, 0.2) is 24.3 Å². The Hall–Kier alpha value is -1.07. The van der Waals surface area contributed by atoms with Gasteiger partial charge in [0.05, 0.1) is 11.8 Å². The van der Waals surface area contributed by atoms with Crippen LogP contribution in [0.3, 0.4) is 0 Å². The molecule has 2 atom stereocenters. The number of carbonyl (C=O) groups excluding carboxylic acids is 1. The minimum absolute atomic E-state index is 0.00861. The predicted molar refractivity (Wildman–Crippen MR) is 78.5 cm³/mol. The fourth-order valence-electron chi connectivity index (χ4n) is 1.65. The van der Waals surface area contributed by atoms with Crippen LogP contribution in [0, 0.1) is 5.82 Å². The number of nitrogens with one attached hydrogen (secondary N) is 1. The van der Waals surface area contributed by atoms with Gasteiger partial charge >= 0.3 is 0 Å². The number of nitrogens with two attached hydrogens (primary N) is 1. The standard InChI is InChI=1S/C14H21FN2OS/c1-10(7-8-16)19-9-14(18)17-11(2)12-3-5-13(15)6-4-12/h3-6,10-11H,7-9,16H2,1-2H3,(H,17,18). The van der Waals surface area contributed by atoms with Gasteiger partial charge in [0, 0.05) is 5.25 Å². The lowest BCUT2D eigenvalue weighted by atomic mass is 10.1. The first-order chi connectivity index (χ1) is 9.02. The number of carbonyl (C=O) groups is 1. The second kappa shape index (κ2) is 8.17. The van der Waals surface area contributed by atoms with Gasteiger partial charge in [-0.3, -0.25) is 4.79 Å². The van der Waals surface area contributed by atoms with Gasteiger partial charge in [-0.05, 0) is 37.6 Å². The molecule has 1 aromatic carbocycles. The molecule has 0 aliphatic rings. The molecule has 0 aliphatic carbocycles. The summed E-state index contributed by atoms with van der Waals surface area (Å²) in [5.74, 6) is 0.145. The molecule has 1 aromatic rings. The minimum atomic E-state index is -0.270. The highest BCUT2D eigenvalue weighted by Crippen LogP contribution is 2.15. The van der Waals surface area contributed by atoms with Crippen molar-refractivity contribution in [3.8, 4) is 0 Å². The van der Waals surface area contributed by atoms with Crippen LogP contribution in [0.25, 0.3) is 0 Å². The van der Waals surface area contributed by atoms with E-state index in [2.05, 4.69) is 12.2 Å². The van der Waals surface area contributed by atoms with Crippen LogP contribution in [0.1, 0.15) is 31.9 Å². The average molecular weight is 284 g/mol. The van der Waals surface area contributed by atoms with Crippen molar-refractivity contribution in [3.63, 3.8) is 0 Å². The van der Waals surface area contributed by atoms with E-state index in [1.807, 2.05) is 6.92 Å². The molecule has 0 spiro atoms. The number of rotatable bonds is 7. The first-order valence-corrected chi connectivity index (χ1v) is 7.44. The number of thioether (sulfide) groups is 1. The molecule has 5 heteroatoms. The van der Waals surface area contributed by atoms with Crippen LogP contribution in [0.5, 0.6) is 0 Å². The first-order valence-electron chi connectivity index (χ1n) is 6.39. The van der Waals surface area contributed by atoms with E-state index in [1.54, 1.807) is 23.9 Å². The Bertz CT molecular complexity index is 397. The van der Waals surface area contributed by atoms with E-state index < -0.39 is 0 Å². The van der Waals surface area contributed by atoms with Crippen LogP contribution < -0.4 is 11.1 Å². The normalized spacial score (nSPS) is 13.9. The number of hydrogen-bond donors (Lipinski definition) is 2. The minimum Gasteiger partial charge on any atom is -0.349 e. The third-order valence-corrected chi connectivity index (χ3v) is 4.05. The molecule has 0 aromatic heterocycles. The maximum atomic E-state index is 12.8. The van der Waals surface area contributed by atoms with Crippen molar-refractivity contribution in [2.45, 2.75) is 31.6 Å². The van der Waals surface area contributed by atoms with E-state index in [9.17, 15) is 9.18 Å². The van der Waals surface area contributed by atoms with Gasteiger partial charge in [0.25, 0.3) is 0 Å². The van der Waals surface area contributed by atoms with E-state index in [1.165, 1.54) is 12.1 Å². The van der Waals surface area contributed by atoms with E-state index >= 15 is 0 Å². The molecule has 19 heavy (non-hydrogen) atoms. The molecule has 1 amide bonds. The molecule has 106 valence electrons. The highest BCUT2D eigenvalue weighted by Gasteiger charge is 2.11. The van der Waals surface area contributed by atoms with Gasteiger partial charge in [0.2, 0.25) is 5.91 Å². The van der Waals surface area contributed by atoms with Gasteiger partial charge in [-0.25, -0.2) is 4.39 Å². The van der Waals surface area contributed by atoms with Crippen molar-refractivity contribution < 1.29 is 9.18 Å². The van der Waals surface area contributed by atoms with E-state index in [-0.39, 0.29) is 17.8 Å². The predicted octanol–water partition coefficient (Wildman–Crippen LogP) is 2.47. The average Bonchev–Trinajstić information content (AvgIpc) is 2.37. The Kier molecular flexibility index (Phi) is 6.87. The zero-order valence-electron chi connectivity index (χ0n) is 11.4. The van der Waals surface area contributed by atoms with E-state index in [0.29, 0.717) is 17.5 Å². The van der Waals surface area contributed by atoms with Gasteiger partial charge in [-0.1, -0.05) is 19.1 Å². The number of hydrogen-bond acceptors (Lipinski definition) is 3. The number of benzene rings is 1. The molecular weight excluding hydrogens is 263 g/mol. The summed E-state index contributed by atoms with van der Waals surface area (Å²) in [6.07, 6.45) is 0.908. The Morgan fingerprint density at radius 1 is 1.37 bits per heavy atom. The molecule has 0 saturated heterocycles. The van der Waals surface area contributed by atoms with Gasteiger partial charge in [0.1, 0.15) is 5.82 Å². The first kappa shape index (κ1) is 16.0. The summed E-state index contributed by atoms with van der Waals surface area (Å²) < 4.78 is 12.8. The highest BCUT2D eigenvalue weighted by atomic mass is 32.2. The summed E-state index contributed by atoms with van der Waals surface area (Å²) >= 11 is 1.60.